The third-order valence-corrected chi connectivity index (χ3v) is 4.90. The quantitative estimate of drug-likeness (QED) is 0.778. The monoisotopic (exact) mass is 296 g/mol. The summed E-state index contributed by atoms with van der Waals surface area (Å²) in [5.74, 6) is 1.77. The summed E-state index contributed by atoms with van der Waals surface area (Å²) in [6, 6.07) is 6.80. The van der Waals surface area contributed by atoms with E-state index in [1.54, 1.807) is 0 Å². The minimum absolute atomic E-state index is 0.157. The maximum Gasteiger partial charge on any atom is 0.123 e. The molecular weight excluding hydrogens is 271 g/mol. The largest absolute Gasteiger partial charge is 0.317 e. The van der Waals surface area contributed by atoms with Gasteiger partial charge in [0, 0.05) is 23.7 Å². The lowest BCUT2D eigenvalue weighted by molar-refractivity contribution is 0.223. The average Bonchev–Trinajstić information content (AvgIpc) is 2.49. The molecule has 1 heterocycles. The number of thioether (sulfide) groups is 1. The van der Waals surface area contributed by atoms with E-state index in [2.05, 4.69) is 17.1 Å². The first-order valence-corrected chi connectivity index (χ1v) is 8.58. The van der Waals surface area contributed by atoms with Gasteiger partial charge in [-0.25, -0.2) is 4.39 Å². The van der Waals surface area contributed by atoms with Crippen molar-refractivity contribution in [1.82, 2.24) is 10.2 Å². The van der Waals surface area contributed by atoms with Crippen molar-refractivity contribution in [3.63, 3.8) is 0 Å². The van der Waals surface area contributed by atoms with Gasteiger partial charge in [0.25, 0.3) is 0 Å². The average molecular weight is 296 g/mol. The molecule has 1 aromatic carbocycles. The van der Waals surface area contributed by atoms with Crippen molar-refractivity contribution >= 4 is 11.8 Å². The number of nitrogens with one attached hydrogen (secondary N) is 1. The van der Waals surface area contributed by atoms with Crippen LogP contribution in [0.25, 0.3) is 0 Å². The number of rotatable bonds is 7. The maximum absolute atomic E-state index is 12.8. The second-order valence-corrected chi connectivity index (χ2v) is 6.56. The van der Waals surface area contributed by atoms with Gasteiger partial charge in [0.15, 0.2) is 0 Å². The van der Waals surface area contributed by atoms with Gasteiger partial charge >= 0.3 is 0 Å². The lowest BCUT2D eigenvalue weighted by Gasteiger charge is -2.29. The molecule has 0 radical (unpaired) electrons. The summed E-state index contributed by atoms with van der Waals surface area (Å²) in [5.41, 5.74) is 0. The van der Waals surface area contributed by atoms with Crippen LogP contribution in [0.1, 0.15) is 19.8 Å². The topological polar surface area (TPSA) is 15.3 Å². The molecule has 0 unspecified atom stereocenters. The van der Waals surface area contributed by atoms with E-state index in [4.69, 9.17) is 0 Å². The van der Waals surface area contributed by atoms with Gasteiger partial charge in [0.1, 0.15) is 5.82 Å². The Balaban J connectivity index is 1.68. The van der Waals surface area contributed by atoms with Crippen LogP contribution in [0.15, 0.2) is 29.2 Å². The van der Waals surface area contributed by atoms with Crippen LogP contribution >= 0.6 is 11.8 Å². The van der Waals surface area contributed by atoms with Crippen molar-refractivity contribution in [2.75, 3.05) is 38.5 Å². The van der Waals surface area contributed by atoms with Crippen molar-refractivity contribution < 1.29 is 4.39 Å². The molecule has 0 atom stereocenters. The van der Waals surface area contributed by atoms with Crippen LogP contribution in [0.4, 0.5) is 4.39 Å². The number of hydrogen-bond acceptors (Lipinski definition) is 3. The maximum atomic E-state index is 12.8. The molecule has 4 heteroatoms. The lowest BCUT2D eigenvalue weighted by Crippen LogP contribution is -2.37. The van der Waals surface area contributed by atoms with E-state index in [0.717, 1.165) is 29.7 Å². The van der Waals surface area contributed by atoms with E-state index in [-0.39, 0.29) is 5.82 Å². The molecule has 1 saturated heterocycles. The van der Waals surface area contributed by atoms with Crippen molar-refractivity contribution in [2.24, 2.45) is 5.92 Å². The fraction of sp³-hybridized carbons (Fsp3) is 0.625. The van der Waals surface area contributed by atoms with Gasteiger partial charge in [-0.1, -0.05) is 6.92 Å². The third kappa shape index (κ3) is 5.43. The molecule has 2 nitrogen and oxygen atoms in total. The van der Waals surface area contributed by atoms with Gasteiger partial charge in [0.05, 0.1) is 0 Å². The summed E-state index contributed by atoms with van der Waals surface area (Å²) in [4.78, 5) is 3.70. The Kier molecular flexibility index (Phi) is 6.83. The Morgan fingerprint density at radius 2 is 1.95 bits per heavy atom. The van der Waals surface area contributed by atoms with Crippen LogP contribution in [0.3, 0.4) is 0 Å². The standard InChI is InChI=1S/C16H25FN2S/c1-2-19(13-14-7-9-18-10-8-14)11-12-20-16-5-3-15(17)4-6-16/h3-6,14,18H,2,7-13H2,1H3. The summed E-state index contributed by atoms with van der Waals surface area (Å²) in [5, 5.41) is 3.42. The Morgan fingerprint density at radius 1 is 1.25 bits per heavy atom. The molecule has 1 N–H and O–H groups in total. The SMILES string of the molecule is CCN(CCSc1ccc(F)cc1)CC1CCNCC1. The molecule has 1 fully saturated rings. The van der Waals surface area contributed by atoms with E-state index >= 15 is 0 Å². The highest BCUT2D eigenvalue weighted by atomic mass is 32.2. The van der Waals surface area contributed by atoms with Crippen molar-refractivity contribution in [1.29, 1.82) is 0 Å². The van der Waals surface area contributed by atoms with Crippen LogP contribution in [-0.2, 0) is 0 Å². The number of hydrogen-bond donors (Lipinski definition) is 1. The Hall–Kier alpha value is -0.580. The Labute approximate surface area is 126 Å². The Bertz CT molecular complexity index is 377. The molecule has 0 bridgehead atoms. The molecule has 0 aliphatic carbocycles. The Morgan fingerprint density at radius 3 is 2.60 bits per heavy atom. The summed E-state index contributed by atoms with van der Waals surface area (Å²) in [6.07, 6.45) is 2.61. The van der Waals surface area contributed by atoms with Gasteiger partial charge < -0.3 is 10.2 Å². The van der Waals surface area contributed by atoms with Crippen molar-refractivity contribution in [3.05, 3.63) is 30.1 Å². The number of nitrogens with zero attached hydrogens (tertiary/aromatic N) is 1. The molecular formula is C16H25FN2S. The van der Waals surface area contributed by atoms with E-state index in [1.807, 2.05) is 23.9 Å². The highest BCUT2D eigenvalue weighted by Gasteiger charge is 2.15. The fourth-order valence-corrected chi connectivity index (χ4v) is 3.55. The zero-order valence-corrected chi connectivity index (χ0v) is 13.1. The van der Waals surface area contributed by atoms with Crippen LogP contribution in [0, 0.1) is 11.7 Å². The first-order valence-electron chi connectivity index (χ1n) is 7.59. The smallest absolute Gasteiger partial charge is 0.123 e. The van der Waals surface area contributed by atoms with Gasteiger partial charge in [-0.05, 0) is 62.7 Å². The van der Waals surface area contributed by atoms with E-state index < -0.39 is 0 Å². The summed E-state index contributed by atoms with van der Waals surface area (Å²) < 4.78 is 12.8. The van der Waals surface area contributed by atoms with Crippen molar-refractivity contribution in [3.8, 4) is 0 Å². The summed E-state index contributed by atoms with van der Waals surface area (Å²) in [6.45, 7) is 8.04. The van der Waals surface area contributed by atoms with Crippen molar-refractivity contribution in [2.45, 2.75) is 24.7 Å². The lowest BCUT2D eigenvalue weighted by atomic mass is 9.97. The van der Waals surface area contributed by atoms with E-state index in [0.29, 0.717) is 0 Å². The van der Waals surface area contributed by atoms with Crippen LogP contribution in [0.2, 0.25) is 0 Å². The van der Waals surface area contributed by atoms with Crippen LogP contribution in [-0.4, -0.2) is 43.4 Å². The first kappa shape index (κ1) is 15.8. The highest BCUT2D eigenvalue weighted by Crippen LogP contribution is 2.19. The summed E-state index contributed by atoms with van der Waals surface area (Å²) in [7, 11) is 0. The molecule has 2 rings (SSSR count). The van der Waals surface area contributed by atoms with E-state index in [1.165, 1.54) is 44.6 Å². The molecule has 112 valence electrons. The molecule has 0 aromatic heterocycles. The van der Waals surface area contributed by atoms with Crippen LogP contribution in [0.5, 0.6) is 0 Å². The molecule has 1 aliphatic heterocycles. The van der Waals surface area contributed by atoms with Gasteiger partial charge in [0.2, 0.25) is 0 Å². The molecule has 0 amide bonds. The third-order valence-electron chi connectivity index (χ3n) is 3.91. The fourth-order valence-electron chi connectivity index (χ4n) is 2.63. The zero-order chi connectivity index (χ0) is 14.2. The normalized spacial score (nSPS) is 16.8. The second kappa shape index (κ2) is 8.65. The van der Waals surface area contributed by atoms with Crippen LogP contribution < -0.4 is 5.32 Å². The van der Waals surface area contributed by atoms with Gasteiger partial charge in [-0.15, -0.1) is 11.8 Å². The molecule has 1 aromatic rings. The second-order valence-electron chi connectivity index (χ2n) is 5.39. The predicted octanol–water partition coefficient (Wildman–Crippen LogP) is 3.24. The number of piperidine rings is 1. The number of halogens is 1. The molecule has 0 spiro atoms. The van der Waals surface area contributed by atoms with E-state index in [9.17, 15) is 4.39 Å². The highest BCUT2D eigenvalue weighted by molar-refractivity contribution is 7.99. The predicted molar refractivity (Wildman–Crippen MR) is 84.8 cm³/mol. The first-order chi connectivity index (χ1) is 9.78. The minimum atomic E-state index is -0.157. The minimum Gasteiger partial charge on any atom is -0.317 e. The van der Waals surface area contributed by atoms with Gasteiger partial charge in [-0.3, -0.25) is 0 Å². The zero-order valence-electron chi connectivity index (χ0n) is 12.3. The molecule has 1 aliphatic rings. The molecule has 0 saturated carbocycles. The summed E-state index contributed by atoms with van der Waals surface area (Å²) >= 11 is 1.81. The number of benzene rings is 1. The molecule has 20 heavy (non-hydrogen) atoms. The van der Waals surface area contributed by atoms with Gasteiger partial charge in [-0.2, -0.15) is 0 Å².